The molecule has 1 heterocycles. The smallest absolute Gasteiger partial charge is 0.136 e. The Morgan fingerprint density at radius 1 is 0.383 bits per heavy atom. The van der Waals surface area contributed by atoms with E-state index in [0.717, 1.165) is 27.3 Å². The molecule has 0 spiro atoms. The molecular weight excluding hydrogens is 569 g/mol. The zero-order valence-electron chi connectivity index (χ0n) is 33.0. The van der Waals surface area contributed by atoms with Gasteiger partial charge in [-0.1, -0.05) is 151 Å². The van der Waals surface area contributed by atoms with Gasteiger partial charge in [0.25, 0.3) is 0 Å². The zero-order valence-corrected chi connectivity index (χ0v) is 25.0. The van der Waals surface area contributed by atoms with E-state index >= 15 is 0 Å². The summed E-state index contributed by atoms with van der Waals surface area (Å²) in [4.78, 5) is 0. The Hall–Kier alpha value is -6.18. The van der Waals surface area contributed by atoms with E-state index in [0.29, 0.717) is 38.8 Å². The van der Waals surface area contributed by atoms with Crippen LogP contribution >= 0.6 is 0 Å². The van der Waals surface area contributed by atoms with Crippen LogP contribution in [-0.2, 0) is 0 Å². The Bertz CT molecular complexity index is 3210. The van der Waals surface area contributed by atoms with E-state index in [9.17, 15) is 5.48 Å². The molecule has 0 saturated heterocycles. The maximum absolute atomic E-state index is 9.36. The van der Waals surface area contributed by atoms with Crippen molar-refractivity contribution in [2.45, 2.75) is 0 Å². The molecule has 0 aliphatic rings. The highest BCUT2D eigenvalue weighted by Gasteiger charge is 2.20. The Balaban J connectivity index is 1.31. The maximum atomic E-state index is 9.36. The van der Waals surface area contributed by atoms with Gasteiger partial charge in [0.15, 0.2) is 0 Å². The van der Waals surface area contributed by atoms with Gasteiger partial charge in [-0.2, -0.15) is 0 Å². The third-order valence-electron chi connectivity index (χ3n) is 9.30. The van der Waals surface area contributed by atoms with Gasteiger partial charge in [-0.25, -0.2) is 0 Å². The van der Waals surface area contributed by atoms with Crippen molar-refractivity contribution in [1.29, 1.82) is 0 Å². The van der Waals surface area contributed by atoms with E-state index in [-0.39, 0.29) is 45.7 Å². The van der Waals surface area contributed by atoms with E-state index in [1.54, 1.807) is 6.07 Å². The molecule has 0 saturated carbocycles. The summed E-state index contributed by atoms with van der Waals surface area (Å²) in [6.07, 6.45) is 0. The zero-order chi connectivity index (χ0) is 37.9. The lowest BCUT2D eigenvalue weighted by molar-refractivity contribution is 0.669. The quantitative estimate of drug-likeness (QED) is 0.144. The Kier molecular flexibility index (Phi) is 4.19. The average Bonchev–Trinajstić information content (AvgIpc) is 3.61. The van der Waals surface area contributed by atoms with E-state index in [4.69, 9.17) is 9.90 Å². The van der Waals surface area contributed by atoms with E-state index in [1.165, 1.54) is 10.8 Å². The molecule has 0 radical (unpaired) electrons. The lowest BCUT2D eigenvalue weighted by atomic mass is 9.84. The lowest BCUT2D eigenvalue weighted by Crippen LogP contribution is -1.91. The van der Waals surface area contributed by atoms with Crippen molar-refractivity contribution in [2.24, 2.45) is 0 Å². The number of fused-ring (bicyclic) bond motifs is 8. The minimum Gasteiger partial charge on any atom is -0.456 e. The summed E-state index contributed by atoms with van der Waals surface area (Å²) in [6, 6.07) is 36.5. The summed E-state index contributed by atoms with van der Waals surface area (Å²) in [5, 5.41) is 6.74. The van der Waals surface area contributed by atoms with Crippen molar-refractivity contribution in [3.05, 3.63) is 170 Å². The monoisotopic (exact) mass is 604 g/mol. The molecule has 47 heavy (non-hydrogen) atoms. The molecule has 1 nitrogen and oxygen atoms in total. The first-order valence-corrected chi connectivity index (χ1v) is 15.5. The fourth-order valence-corrected chi connectivity index (χ4v) is 7.19. The maximum Gasteiger partial charge on any atom is 0.136 e. The molecule has 0 bridgehead atoms. The van der Waals surface area contributed by atoms with Crippen LogP contribution in [-0.4, -0.2) is 0 Å². The fourth-order valence-electron chi connectivity index (χ4n) is 7.19. The summed E-state index contributed by atoms with van der Waals surface area (Å²) in [5.74, 6) is 0. The number of benzene rings is 9. The highest BCUT2D eigenvalue weighted by Crippen LogP contribution is 2.47. The van der Waals surface area contributed by atoms with Crippen molar-refractivity contribution < 1.29 is 15.4 Å². The van der Waals surface area contributed by atoms with E-state index in [1.807, 2.05) is 72.8 Å². The third kappa shape index (κ3) is 3.97. The molecule has 10 aromatic rings. The summed E-state index contributed by atoms with van der Waals surface area (Å²) in [7, 11) is 0. The van der Waals surface area contributed by atoms with Crippen LogP contribution in [0.25, 0.3) is 98.4 Å². The first kappa shape index (κ1) is 19.4. The normalized spacial score (nSPS) is 14.2. The number of furan rings is 1. The molecular formula is C46H28O. The van der Waals surface area contributed by atoms with Crippen LogP contribution in [0.5, 0.6) is 0 Å². The third-order valence-corrected chi connectivity index (χ3v) is 9.30. The summed E-state index contributed by atoms with van der Waals surface area (Å²) in [6.45, 7) is 0. The molecule has 0 unspecified atom stereocenters. The molecule has 218 valence electrons. The predicted octanol–water partition coefficient (Wildman–Crippen LogP) is 13.2. The van der Waals surface area contributed by atoms with Gasteiger partial charge < -0.3 is 4.42 Å². The SMILES string of the molecule is [2H]c1c([2H])c([2H])c2c(-c3cccc4oc5ccccc5c34)c3c([2H])c([2H])c([2H])c([2H])c3c(-c3ccc(-c4ccc5c(ccc6ccccc65)c4)cc3)c2c1[2H]. The van der Waals surface area contributed by atoms with Crippen molar-refractivity contribution in [2.75, 3.05) is 0 Å². The molecule has 0 N–H and O–H groups in total. The highest BCUT2D eigenvalue weighted by molar-refractivity contribution is 6.25. The van der Waals surface area contributed by atoms with Crippen LogP contribution in [0.15, 0.2) is 174 Å². The molecule has 0 amide bonds. The number of para-hydroxylation sites is 1. The summed E-state index contributed by atoms with van der Waals surface area (Å²) >= 11 is 0. The average molecular weight is 605 g/mol. The van der Waals surface area contributed by atoms with Crippen LogP contribution in [0.2, 0.25) is 0 Å². The molecule has 1 aromatic heterocycles. The highest BCUT2D eigenvalue weighted by atomic mass is 16.3. The van der Waals surface area contributed by atoms with Gasteiger partial charge in [0, 0.05) is 10.8 Å². The van der Waals surface area contributed by atoms with Gasteiger partial charge in [0.05, 0.1) is 11.0 Å². The van der Waals surface area contributed by atoms with Crippen molar-refractivity contribution >= 4 is 65.0 Å². The van der Waals surface area contributed by atoms with Crippen LogP contribution in [0, 0.1) is 0 Å². The second-order valence-electron chi connectivity index (χ2n) is 11.8. The molecule has 10 rings (SSSR count). The molecule has 9 aromatic carbocycles. The molecule has 0 aliphatic heterocycles. The number of hydrogen-bond donors (Lipinski definition) is 0. The minimum atomic E-state index is -0.437. The van der Waals surface area contributed by atoms with Gasteiger partial charge in [-0.15, -0.1) is 0 Å². The second kappa shape index (κ2) is 10.2. The van der Waals surface area contributed by atoms with Crippen LogP contribution in [0.1, 0.15) is 11.0 Å². The van der Waals surface area contributed by atoms with Gasteiger partial charge in [0.1, 0.15) is 11.2 Å². The van der Waals surface area contributed by atoms with Gasteiger partial charge in [0.2, 0.25) is 0 Å². The van der Waals surface area contributed by atoms with Crippen molar-refractivity contribution in [1.82, 2.24) is 0 Å². The molecule has 0 fully saturated rings. The Labute approximate surface area is 283 Å². The topological polar surface area (TPSA) is 13.1 Å². The first-order valence-electron chi connectivity index (χ1n) is 19.5. The predicted molar refractivity (Wildman–Crippen MR) is 200 cm³/mol. The first-order chi connectivity index (χ1) is 26.6. The minimum absolute atomic E-state index is 0.169. The van der Waals surface area contributed by atoms with E-state index in [2.05, 4.69) is 42.5 Å². The Morgan fingerprint density at radius 2 is 0.957 bits per heavy atom. The standard InChI is InChI=1S/C46H28O/c1-2-11-34-30(10-1)22-25-33-28-32(26-27-35(33)34)29-20-23-31(24-21-29)44-36-12-3-5-14-38(36)45(39-15-6-4-13-37(39)44)41-17-9-19-43-46(41)40-16-7-8-18-42(40)47-43/h1-28H/i3D,4D,5D,6D,12D,13D,14D,15D. The second-order valence-corrected chi connectivity index (χ2v) is 11.8. The van der Waals surface area contributed by atoms with Crippen molar-refractivity contribution in [3.8, 4) is 33.4 Å². The van der Waals surface area contributed by atoms with Gasteiger partial charge in [-0.05, 0) is 94.7 Å². The summed E-state index contributed by atoms with van der Waals surface area (Å²) in [5.41, 5.74) is 4.79. The number of hydrogen-bond acceptors (Lipinski definition) is 1. The van der Waals surface area contributed by atoms with Crippen molar-refractivity contribution in [3.63, 3.8) is 0 Å². The molecule has 0 aliphatic carbocycles. The fraction of sp³-hybridized carbons (Fsp3) is 0. The molecule has 0 atom stereocenters. The van der Waals surface area contributed by atoms with Crippen LogP contribution in [0.3, 0.4) is 0 Å². The largest absolute Gasteiger partial charge is 0.456 e. The number of rotatable bonds is 3. The van der Waals surface area contributed by atoms with Crippen LogP contribution < -0.4 is 0 Å². The lowest BCUT2D eigenvalue weighted by Gasteiger charge is -2.18. The van der Waals surface area contributed by atoms with E-state index < -0.39 is 24.2 Å². The van der Waals surface area contributed by atoms with Gasteiger partial charge >= 0.3 is 0 Å². The van der Waals surface area contributed by atoms with Gasteiger partial charge in [-0.3, -0.25) is 0 Å². The Morgan fingerprint density at radius 3 is 1.72 bits per heavy atom. The van der Waals surface area contributed by atoms with Crippen LogP contribution in [0.4, 0.5) is 0 Å². The summed E-state index contributed by atoms with van der Waals surface area (Å²) < 4.78 is 78.8. The molecule has 1 heteroatoms.